The van der Waals surface area contributed by atoms with E-state index in [2.05, 4.69) is 4.74 Å². The van der Waals surface area contributed by atoms with Crippen LogP contribution in [0.4, 0.5) is 0 Å². The number of carboxylic acids is 1. The summed E-state index contributed by atoms with van der Waals surface area (Å²) in [5, 5.41) is 8.37. The molecule has 0 saturated heterocycles. The van der Waals surface area contributed by atoms with Crippen LogP contribution in [0.3, 0.4) is 0 Å². The number of ether oxygens (including phenoxy) is 1. The second kappa shape index (κ2) is 18.1. The van der Waals surface area contributed by atoms with Crippen LogP contribution in [0.5, 0.6) is 0 Å². The number of benzene rings is 1. The van der Waals surface area contributed by atoms with E-state index in [0.717, 1.165) is 5.56 Å². The summed E-state index contributed by atoms with van der Waals surface area (Å²) in [5.41, 5.74) is 1.08. The standard InChI is InChI=1S/C9H10O2.C2H6O.C2H6.Y/c10-9(11)7-6-8-4-2-1-3-5-8;1-3-2;1-2;/h1-5H,6-7H2,(H,10,11);1-2H3;1-2H3;. The largest absolute Gasteiger partial charge is 0.481 e. The predicted octanol–water partition coefficient (Wildman–Crippen LogP) is 2.99. The molecule has 0 aromatic heterocycles. The van der Waals surface area contributed by atoms with Gasteiger partial charge in [0.05, 0.1) is 0 Å². The molecule has 1 aromatic rings. The summed E-state index contributed by atoms with van der Waals surface area (Å²) in [6.45, 7) is 4.00. The fourth-order valence-electron chi connectivity index (χ4n) is 0.896. The van der Waals surface area contributed by atoms with Gasteiger partial charge in [-0.1, -0.05) is 44.2 Å². The topological polar surface area (TPSA) is 46.5 Å². The second-order valence-electron chi connectivity index (χ2n) is 2.79. The Labute approximate surface area is 129 Å². The van der Waals surface area contributed by atoms with Crippen molar-refractivity contribution in [3.8, 4) is 0 Å². The molecule has 0 aliphatic rings. The van der Waals surface area contributed by atoms with Crippen LogP contribution in [0, 0.1) is 0 Å². The van der Waals surface area contributed by atoms with E-state index in [-0.39, 0.29) is 39.1 Å². The summed E-state index contributed by atoms with van der Waals surface area (Å²) in [6.07, 6.45) is 0.834. The minimum absolute atomic E-state index is 0. The average Bonchev–Trinajstić information content (AvgIpc) is 2.31. The van der Waals surface area contributed by atoms with Gasteiger partial charge in [-0.2, -0.15) is 0 Å². The van der Waals surface area contributed by atoms with Crippen LogP contribution in [0.1, 0.15) is 25.8 Å². The van der Waals surface area contributed by atoms with Crippen LogP contribution in [0.25, 0.3) is 0 Å². The molecule has 0 atom stereocenters. The van der Waals surface area contributed by atoms with Gasteiger partial charge in [0.1, 0.15) is 0 Å². The number of carboxylic acid groups (broad SMARTS) is 1. The van der Waals surface area contributed by atoms with E-state index < -0.39 is 5.97 Å². The Morgan fingerprint density at radius 1 is 1.18 bits per heavy atom. The van der Waals surface area contributed by atoms with Crippen molar-refractivity contribution in [2.75, 3.05) is 14.2 Å². The molecule has 0 heterocycles. The normalized spacial score (nSPS) is 7.53. The third-order valence-electron chi connectivity index (χ3n) is 1.47. The van der Waals surface area contributed by atoms with Crippen molar-refractivity contribution in [3.63, 3.8) is 0 Å². The first-order valence-corrected chi connectivity index (χ1v) is 5.36. The maximum atomic E-state index is 10.2. The molecule has 0 unspecified atom stereocenters. The molecule has 4 heteroatoms. The van der Waals surface area contributed by atoms with Gasteiger partial charge in [0.15, 0.2) is 0 Å². The van der Waals surface area contributed by atoms with Crippen LogP contribution in [0.15, 0.2) is 30.3 Å². The van der Waals surface area contributed by atoms with Gasteiger partial charge in [0.25, 0.3) is 0 Å². The van der Waals surface area contributed by atoms with Crippen LogP contribution < -0.4 is 0 Å². The molecule has 0 bridgehead atoms. The Balaban J connectivity index is -0.000000286. The molecule has 1 radical (unpaired) electrons. The molecule has 1 aromatic carbocycles. The molecule has 3 nitrogen and oxygen atoms in total. The Kier molecular flexibility index (Phi) is 23.4. The summed E-state index contributed by atoms with van der Waals surface area (Å²) in [7, 11) is 3.25. The van der Waals surface area contributed by atoms with Gasteiger partial charge in [-0.25, -0.2) is 0 Å². The maximum absolute atomic E-state index is 10.2. The number of aryl methyl sites for hydroxylation is 1. The number of rotatable bonds is 3. The number of aliphatic carboxylic acids is 1. The summed E-state index contributed by atoms with van der Waals surface area (Å²) >= 11 is 0. The second-order valence-corrected chi connectivity index (χ2v) is 2.79. The Hall–Kier alpha value is -0.246. The zero-order valence-corrected chi connectivity index (χ0v) is 14.0. The third-order valence-corrected chi connectivity index (χ3v) is 1.47. The van der Waals surface area contributed by atoms with Gasteiger partial charge in [-0.05, 0) is 12.0 Å². The smallest absolute Gasteiger partial charge is 0.303 e. The van der Waals surface area contributed by atoms with E-state index in [1.807, 2.05) is 44.2 Å². The van der Waals surface area contributed by atoms with Crippen molar-refractivity contribution in [1.82, 2.24) is 0 Å². The van der Waals surface area contributed by atoms with Crippen molar-refractivity contribution in [3.05, 3.63) is 35.9 Å². The van der Waals surface area contributed by atoms with Crippen molar-refractivity contribution in [2.24, 2.45) is 0 Å². The molecule has 1 rings (SSSR count). The number of hydrogen-bond donors (Lipinski definition) is 1. The van der Waals surface area contributed by atoms with E-state index >= 15 is 0 Å². The van der Waals surface area contributed by atoms with Gasteiger partial charge in [-0.15, -0.1) is 0 Å². The van der Waals surface area contributed by atoms with E-state index in [0.29, 0.717) is 6.42 Å². The third kappa shape index (κ3) is 18.3. The number of hydrogen-bond acceptors (Lipinski definition) is 2. The van der Waals surface area contributed by atoms with Crippen molar-refractivity contribution in [1.29, 1.82) is 0 Å². The number of methoxy groups -OCH3 is 1. The fraction of sp³-hybridized carbons (Fsp3) is 0.462. The molecule has 0 aliphatic heterocycles. The average molecular weight is 315 g/mol. The molecule has 0 saturated carbocycles. The summed E-state index contributed by atoms with van der Waals surface area (Å²) < 4.78 is 4.25. The monoisotopic (exact) mass is 315 g/mol. The van der Waals surface area contributed by atoms with Gasteiger partial charge < -0.3 is 9.84 Å². The Morgan fingerprint density at radius 3 is 1.94 bits per heavy atom. The van der Waals surface area contributed by atoms with E-state index in [4.69, 9.17) is 5.11 Å². The molecular weight excluding hydrogens is 293 g/mol. The van der Waals surface area contributed by atoms with Crippen molar-refractivity contribution in [2.45, 2.75) is 26.7 Å². The van der Waals surface area contributed by atoms with Crippen LogP contribution in [0.2, 0.25) is 0 Å². The summed E-state index contributed by atoms with van der Waals surface area (Å²) in [4.78, 5) is 10.2. The van der Waals surface area contributed by atoms with Gasteiger partial charge in [0.2, 0.25) is 0 Å². The quantitative estimate of drug-likeness (QED) is 0.933. The first-order chi connectivity index (χ1) is 7.70. The summed E-state index contributed by atoms with van der Waals surface area (Å²) in [6, 6.07) is 9.62. The number of carbonyl (C=O) groups is 1. The van der Waals surface area contributed by atoms with E-state index in [1.54, 1.807) is 14.2 Å². The van der Waals surface area contributed by atoms with Gasteiger partial charge >= 0.3 is 5.97 Å². The zero-order chi connectivity index (χ0) is 12.8. The zero-order valence-electron chi connectivity index (χ0n) is 11.1. The first-order valence-electron chi connectivity index (χ1n) is 5.36. The minimum Gasteiger partial charge on any atom is -0.481 e. The molecule has 0 amide bonds. The molecule has 0 fully saturated rings. The fourth-order valence-corrected chi connectivity index (χ4v) is 0.896. The predicted molar refractivity (Wildman–Crippen MR) is 66.7 cm³/mol. The molecular formula is C13H22O3Y. The summed E-state index contributed by atoms with van der Waals surface area (Å²) in [5.74, 6) is -0.742. The minimum atomic E-state index is -0.742. The molecule has 95 valence electrons. The first kappa shape index (κ1) is 22.0. The Bertz CT molecular complexity index is 250. The maximum Gasteiger partial charge on any atom is 0.303 e. The van der Waals surface area contributed by atoms with Crippen LogP contribution >= 0.6 is 0 Å². The van der Waals surface area contributed by atoms with E-state index in [9.17, 15) is 4.79 Å². The van der Waals surface area contributed by atoms with Crippen molar-refractivity contribution < 1.29 is 47.3 Å². The molecule has 1 N–H and O–H groups in total. The van der Waals surface area contributed by atoms with E-state index in [1.165, 1.54) is 0 Å². The van der Waals surface area contributed by atoms with Gasteiger partial charge in [0, 0.05) is 53.3 Å². The van der Waals surface area contributed by atoms with Crippen LogP contribution in [-0.4, -0.2) is 25.3 Å². The molecule has 0 spiro atoms. The van der Waals surface area contributed by atoms with Crippen molar-refractivity contribution >= 4 is 5.97 Å². The van der Waals surface area contributed by atoms with Crippen LogP contribution in [-0.2, 0) is 48.7 Å². The molecule has 0 aliphatic carbocycles. The molecule has 17 heavy (non-hydrogen) atoms. The van der Waals surface area contributed by atoms with Gasteiger partial charge in [-0.3, -0.25) is 4.79 Å². The Morgan fingerprint density at radius 2 is 1.59 bits per heavy atom. The SMILES string of the molecule is CC.COC.O=C(O)CCc1ccccc1.[Y].